The van der Waals surface area contributed by atoms with Gasteiger partial charge < -0.3 is 19.9 Å². The van der Waals surface area contributed by atoms with Gasteiger partial charge in [-0.1, -0.05) is 94.9 Å². The molecule has 0 spiro atoms. The topological polar surface area (TPSA) is 200 Å². The molecule has 4 N–H and O–H groups in total. The quantitative estimate of drug-likeness (QED) is 0.108. The van der Waals surface area contributed by atoms with Gasteiger partial charge in [-0.15, -0.1) is 0 Å². The van der Waals surface area contributed by atoms with E-state index >= 15 is 0 Å². The zero-order valence-corrected chi connectivity index (χ0v) is 42.8. The number of H-pyrrole nitrogens is 4. The first-order valence-corrected chi connectivity index (χ1v) is 29.9. The molecule has 24 heteroatoms. The second-order valence-corrected chi connectivity index (χ2v) is 26.5. The minimum atomic E-state index is -4.39. The van der Waals surface area contributed by atoms with Gasteiger partial charge in [-0.2, -0.15) is 0 Å². The van der Waals surface area contributed by atoms with Crippen LogP contribution in [0.4, 0.5) is 0 Å². The minimum Gasteiger partial charge on any atom is -0.354 e. The highest BCUT2D eigenvalue weighted by Crippen LogP contribution is 2.39. The van der Waals surface area contributed by atoms with E-state index in [1.165, 1.54) is 48.5 Å². The van der Waals surface area contributed by atoms with Crippen molar-refractivity contribution < 1.29 is 33.7 Å². The Morgan fingerprint density at radius 2 is 0.485 bits per heavy atom. The van der Waals surface area contributed by atoms with Crippen molar-refractivity contribution in [2.75, 3.05) is 0 Å². The molecule has 9 rings (SSSR count). The molecule has 0 saturated carbocycles. The fourth-order valence-corrected chi connectivity index (χ4v) is 14.4. The third kappa shape index (κ3) is 8.88. The van der Waals surface area contributed by atoms with Crippen LogP contribution in [0.5, 0.6) is 0 Å². The van der Waals surface area contributed by atoms with E-state index in [0.717, 1.165) is 0 Å². The molecule has 12 nitrogen and oxygen atoms in total. The summed E-state index contributed by atoms with van der Waals surface area (Å²) in [5.74, 6) is 0. The molecule has 0 unspecified atom stereocenters. The Labute approximate surface area is 424 Å². The molecule has 1 aliphatic heterocycles. The molecule has 0 radical (unpaired) electrons. The van der Waals surface area contributed by atoms with Crippen molar-refractivity contribution in [1.82, 2.24) is 19.9 Å². The summed E-state index contributed by atoms with van der Waals surface area (Å²) < 4.78 is 103. The Kier molecular flexibility index (Phi) is 12.7. The summed E-state index contributed by atoms with van der Waals surface area (Å²) in [6.07, 6.45) is 0. The van der Waals surface area contributed by atoms with E-state index in [2.05, 4.69) is 19.9 Å². The third-order valence-corrected chi connectivity index (χ3v) is 18.4. The number of fused-ring (bicyclic) bond motifs is 8. The molecule has 8 aromatic rings. The number of hydrogen-bond acceptors (Lipinski definition) is 8. The van der Waals surface area contributed by atoms with Crippen LogP contribution >= 0.6 is 89.1 Å². The number of nitrogens with one attached hydrogen (secondary N) is 4. The summed E-state index contributed by atoms with van der Waals surface area (Å²) in [5.41, 5.74) is 3.38. The zero-order valence-electron chi connectivity index (χ0n) is 33.5. The van der Waals surface area contributed by atoms with Gasteiger partial charge in [-0.05, 0) is 72.8 Å². The first kappa shape index (κ1) is 48.6. The van der Waals surface area contributed by atoms with Crippen LogP contribution in [0.2, 0.25) is 20.1 Å². The van der Waals surface area contributed by atoms with Crippen LogP contribution in [-0.4, -0.2) is 53.6 Å². The van der Waals surface area contributed by atoms with Crippen LogP contribution in [0, 0.1) is 0 Å². The summed E-state index contributed by atoms with van der Waals surface area (Å²) in [6, 6.07) is 30.5. The van der Waals surface area contributed by atoms with Crippen molar-refractivity contribution in [3.05, 3.63) is 208 Å². The molecule has 4 aromatic heterocycles. The zero-order chi connectivity index (χ0) is 48.8. The van der Waals surface area contributed by atoms with E-state index in [4.69, 9.17) is 89.1 Å². The molecule has 1 aliphatic rings. The van der Waals surface area contributed by atoms with Crippen molar-refractivity contribution in [3.8, 4) is 0 Å². The second-order valence-electron chi connectivity index (χ2n) is 14.9. The molecule has 5 heterocycles. The average Bonchev–Trinajstić information content (AvgIpc) is 4.09. The molecular weight excluding hydrogens is 1120 g/mol. The smallest absolute Gasteiger partial charge is 0.262 e. The summed E-state index contributed by atoms with van der Waals surface area (Å²) in [5, 5.41) is 0.436. The highest BCUT2D eigenvalue weighted by Gasteiger charge is 2.27. The van der Waals surface area contributed by atoms with Crippen LogP contribution in [0.15, 0.2) is 141 Å². The van der Waals surface area contributed by atoms with Crippen molar-refractivity contribution >= 4 is 148 Å². The SMILES string of the molecule is O=S(=O)(Cl)c1cccc(C2=c3ccc([nH]3)=C(c3cccc(S(=O)(=O)Cl)c3Cl)c3ccc([nH]3)C(c3cccc(S(=O)(=O)Cl)c3Cl)=c3ccc([nH]3)=C(c3cccc(S(=O)(=O)Cl)c3Cl)c3ccc2[nH]3)c1Cl. The molecule has 0 fully saturated rings. The molecule has 348 valence electrons. The average molecular weight is 1150 g/mol. The largest absolute Gasteiger partial charge is 0.354 e. The highest BCUT2D eigenvalue weighted by atomic mass is 35.7. The fourth-order valence-electron chi connectivity index (χ4n) is 8.06. The molecular formula is C44H24Cl8N4O8S4. The minimum absolute atomic E-state index is 0.197. The van der Waals surface area contributed by atoms with E-state index in [0.29, 0.717) is 66.5 Å². The highest BCUT2D eigenvalue weighted by molar-refractivity contribution is 8.14. The maximum atomic E-state index is 12.8. The summed E-state index contributed by atoms with van der Waals surface area (Å²) in [6.45, 7) is 0. The number of aromatic nitrogens is 4. The van der Waals surface area contributed by atoms with Crippen LogP contribution in [-0.2, 0) is 36.2 Å². The lowest BCUT2D eigenvalue weighted by molar-refractivity contribution is 0.608. The van der Waals surface area contributed by atoms with Gasteiger partial charge in [0.05, 0.1) is 20.1 Å². The number of benzene rings is 4. The van der Waals surface area contributed by atoms with E-state index in [1.807, 2.05) is 0 Å². The fraction of sp³-hybridized carbons (Fsp3) is 0. The number of halogens is 8. The van der Waals surface area contributed by atoms with E-state index in [9.17, 15) is 33.7 Å². The Morgan fingerprint density at radius 3 is 0.676 bits per heavy atom. The number of rotatable bonds is 8. The molecule has 0 saturated heterocycles. The van der Waals surface area contributed by atoms with Gasteiger partial charge in [0.15, 0.2) is 0 Å². The maximum absolute atomic E-state index is 12.8. The lowest BCUT2D eigenvalue weighted by atomic mass is 10.0. The predicted octanol–water partition coefficient (Wildman–Crippen LogP) is 8.63. The first-order valence-electron chi connectivity index (χ1n) is 19.1. The van der Waals surface area contributed by atoms with E-state index in [-0.39, 0.29) is 61.9 Å². The van der Waals surface area contributed by atoms with Crippen molar-refractivity contribution in [2.45, 2.75) is 19.6 Å². The predicted molar refractivity (Wildman–Crippen MR) is 266 cm³/mol. The molecule has 4 aromatic carbocycles. The normalized spacial score (nSPS) is 13.6. The number of hydrogen-bond donors (Lipinski definition) is 4. The molecule has 0 amide bonds. The monoisotopic (exact) mass is 1140 g/mol. The van der Waals surface area contributed by atoms with Crippen LogP contribution < -0.4 is 21.4 Å². The van der Waals surface area contributed by atoms with Crippen molar-refractivity contribution in [3.63, 3.8) is 0 Å². The molecule has 0 atom stereocenters. The summed E-state index contributed by atoms with van der Waals surface area (Å²) >= 11 is 27.7. The van der Waals surface area contributed by atoms with Crippen LogP contribution in [0.25, 0.3) is 22.3 Å². The van der Waals surface area contributed by atoms with Gasteiger partial charge in [-0.3, -0.25) is 0 Å². The van der Waals surface area contributed by atoms with Gasteiger partial charge in [-0.25, -0.2) is 33.7 Å². The Balaban J connectivity index is 1.51. The summed E-state index contributed by atoms with van der Waals surface area (Å²) in [7, 11) is 5.96. The Morgan fingerprint density at radius 1 is 0.279 bits per heavy atom. The van der Waals surface area contributed by atoms with Crippen molar-refractivity contribution in [1.29, 1.82) is 0 Å². The Bertz CT molecular complexity index is 3690. The van der Waals surface area contributed by atoms with Gasteiger partial charge in [0.1, 0.15) is 19.6 Å². The second kappa shape index (κ2) is 17.8. The summed E-state index contributed by atoms with van der Waals surface area (Å²) in [4.78, 5) is 12.0. The van der Waals surface area contributed by atoms with Gasteiger partial charge >= 0.3 is 0 Å². The Hall–Kier alpha value is -4.40. The first-order chi connectivity index (χ1) is 31.9. The van der Waals surface area contributed by atoms with Crippen molar-refractivity contribution in [2.24, 2.45) is 0 Å². The lowest BCUT2D eigenvalue weighted by Crippen LogP contribution is -2.19. The van der Waals surface area contributed by atoms with Gasteiger partial charge in [0, 0.05) is 131 Å². The lowest BCUT2D eigenvalue weighted by Gasteiger charge is -2.13. The molecule has 68 heavy (non-hydrogen) atoms. The van der Waals surface area contributed by atoms with Gasteiger partial charge in [0.25, 0.3) is 36.2 Å². The third-order valence-electron chi connectivity index (χ3n) is 10.9. The standard InChI is InChI=1S/C44H24Cl8N4O8S4/c45-41-21(5-1-9-33(41)65(49,57)58)37-25-13-15-27(53-25)38(22-6-2-10-34(42(22)46)66(50,59)60)29-17-19-31(55-29)40(24-8-4-12-36(44(24)48)68(52,63)64)32-20-18-30(56-32)39(28-16-14-26(37)54-28)23-7-3-11-35(43(23)47)67(51,61)62/h1-20,53-56H. The van der Waals surface area contributed by atoms with Crippen LogP contribution in [0.3, 0.4) is 0 Å². The number of aromatic amines is 4. The van der Waals surface area contributed by atoms with Crippen LogP contribution in [0.1, 0.15) is 45.0 Å². The van der Waals surface area contributed by atoms with E-state index < -0.39 is 36.2 Å². The molecule has 8 bridgehead atoms. The maximum Gasteiger partial charge on any atom is 0.262 e. The van der Waals surface area contributed by atoms with E-state index in [1.54, 1.807) is 72.8 Å². The van der Waals surface area contributed by atoms with Gasteiger partial charge in [0.2, 0.25) is 0 Å². The molecule has 0 aliphatic carbocycles.